The Balaban J connectivity index is 1.35. The highest BCUT2D eigenvalue weighted by Gasteiger charge is 2.24. The fourth-order valence-electron chi connectivity index (χ4n) is 4.45. The second-order valence-electron chi connectivity index (χ2n) is 9.76. The van der Waals surface area contributed by atoms with Crippen molar-refractivity contribution in [2.75, 3.05) is 24.4 Å². The van der Waals surface area contributed by atoms with Crippen LogP contribution in [0.25, 0.3) is 22.4 Å². The number of likely N-dealkylation sites (tertiary alicyclic amines) is 1. The third-order valence-corrected chi connectivity index (χ3v) is 8.29. The quantitative estimate of drug-likeness (QED) is 0.317. The van der Waals surface area contributed by atoms with E-state index >= 15 is 0 Å². The molecule has 0 saturated carbocycles. The lowest BCUT2D eigenvalue weighted by atomic mass is 9.97. The van der Waals surface area contributed by atoms with Crippen molar-refractivity contribution in [1.29, 1.82) is 0 Å². The first kappa shape index (κ1) is 27.2. The first-order chi connectivity index (χ1) is 18.6. The second kappa shape index (κ2) is 11.0. The van der Waals surface area contributed by atoms with E-state index in [4.69, 9.17) is 16.3 Å². The van der Waals surface area contributed by atoms with Crippen LogP contribution >= 0.6 is 11.6 Å². The number of aromatic nitrogens is 6. The fraction of sp³-hybridized carbons (Fsp3) is 0.400. The molecular weight excluding hydrogens is 547 g/mol. The number of ether oxygens (including phenoxy) is 1. The molecule has 1 aromatic carbocycles. The zero-order valence-corrected chi connectivity index (χ0v) is 23.2. The van der Waals surface area contributed by atoms with Crippen LogP contribution in [0.3, 0.4) is 0 Å². The maximum atomic E-state index is 14.1. The lowest BCUT2D eigenvalue weighted by molar-refractivity contribution is 0.118. The number of rotatable bonds is 8. The SMILES string of the molecule is Cc1[nH]nc2nc(-c3cnc(NS(=O)(=O)c4cc(Cl)ccc4F)nc3)nc(OCC3CCN(C(C)C)CC3)c12. The van der Waals surface area contributed by atoms with Gasteiger partial charge in [0.1, 0.15) is 16.1 Å². The number of piperidine rings is 1. The predicted molar refractivity (Wildman–Crippen MR) is 145 cm³/mol. The smallest absolute Gasteiger partial charge is 0.267 e. The lowest BCUT2D eigenvalue weighted by Gasteiger charge is -2.34. The van der Waals surface area contributed by atoms with Crippen molar-refractivity contribution in [3.63, 3.8) is 0 Å². The van der Waals surface area contributed by atoms with Gasteiger partial charge in [0.25, 0.3) is 10.0 Å². The van der Waals surface area contributed by atoms with Crippen molar-refractivity contribution in [3.05, 3.63) is 47.1 Å². The van der Waals surface area contributed by atoms with Crippen molar-refractivity contribution >= 4 is 38.6 Å². The van der Waals surface area contributed by atoms with Gasteiger partial charge in [0.2, 0.25) is 11.8 Å². The zero-order chi connectivity index (χ0) is 27.7. The number of H-pyrrole nitrogens is 1. The van der Waals surface area contributed by atoms with Crippen LogP contribution in [-0.2, 0) is 10.0 Å². The molecule has 0 amide bonds. The number of aryl methyl sites for hydroxylation is 1. The number of aromatic amines is 1. The van der Waals surface area contributed by atoms with E-state index in [0.29, 0.717) is 41.0 Å². The van der Waals surface area contributed by atoms with Crippen molar-refractivity contribution in [1.82, 2.24) is 35.0 Å². The summed E-state index contributed by atoms with van der Waals surface area (Å²) in [6.07, 6.45) is 4.83. The molecule has 1 saturated heterocycles. The molecular formula is C25H28ClFN8O3S. The average Bonchev–Trinajstić information content (AvgIpc) is 3.29. The molecule has 0 aliphatic carbocycles. The largest absolute Gasteiger partial charge is 0.477 e. The Morgan fingerprint density at radius 2 is 1.92 bits per heavy atom. The van der Waals surface area contributed by atoms with Crippen LogP contribution in [0.2, 0.25) is 5.02 Å². The molecule has 39 heavy (non-hydrogen) atoms. The molecule has 11 nitrogen and oxygen atoms in total. The highest BCUT2D eigenvalue weighted by Crippen LogP contribution is 2.29. The van der Waals surface area contributed by atoms with E-state index in [1.807, 2.05) is 6.92 Å². The molecule has 5 rings (SSSR count). The van der Waals surface area contributed by atoms with E-state index < -0.39 is 20.7 Å². The molecule has 1 aliphatic rings. The molecule has 0 spiro atoms. The van der Waals surface area contributed by atoms with Gasteiger partial charge in [0, 0.05) is 29.2 Å². The summed E-state index contributed by atoms with van der Waals surface area (Å²) < 4.78 is 47.7. The Bertz CT molecular complexity index is 1590. The Morgan fingerprint density at radius 1 is 1.21 bits per heavy atom. The Hall–Kier alpha value is -3.42. The van der Waals surface area contributed by atoms with Gasteiger partial charge in [-0.3, -0.25) is 5.10 Å². The number of halogens is 2. The number of hydrogen-bond acceptors (Lipinski definition) is 9. The van der Waals surface area contributed by atoms with E-state index in [1.54, 1.807) is 0 Å². The molecule has 4 heterocycles. The molecule has 3 aromatic heterocycles. The topological polar surface area (TPSA) is 139 Å². The molecule has 1 fully saturated rings. The summed E-state index contributed by atoms with van der Waals surface area (Å²) in [5.41, 5.74) is 1.64. The first-order valence-electron chi connectivity index (χ1n) is 12.5. The van der Waals surface area contributed by atoms with Crippen LogP contribution in [0, 0.1) is 18.7 Å². The van der Waals surface area contributed by atoms with Gasteiger partial charge in [-0.15, -0.1) is 0 Å². The van der Waals surface area contributed by atoms with Gasteiger partial charge in [0.05, 0.1) is 12.2 Å². The lowest BCUT2D eigenvalue weighted by Crippen LogP contribution is -2.39. The maximum absolute atomic E-state index is 14.1. The summed E-state index contributed by atoms with van der Waals surface area (Å²) in [7, 11) is -4.31. The Labute approximate surface area is 230 Å². The third-order valence-electron chi connectivity index (χ3n) is 6.71. The molecule has 14 heteroatoms. The normalized spacial score (nSPS) is 15.2. The predicted octanol–water partition coefficient (Wildman–Crippen LogP) is 4.21. The van der Waals surface area contributed by atoms with Crippen LogP contribution in [-0.4, -0.2) is 69.2 Å². The number of nitrogens with zero attached hydrogens (tertiary/aromatic N) is 6. The minimum absolute atomic E-state index is 0.0771. The van der Waals surface area contributed by atoms with E-state index in [0.717, 1.165) is 43.8 Å². The number of anilines is 1. The number of nitrogens with one attached hydrogen (secondary N) is 2. The van der Waals surface area contributed by atoms with Crippen molar-refractivity contribution in [2.24, 2.45) is 5.92 Å². The number of benzene rings is 1. The summed E-state index contributed by atoms with van der Waals surface area (Å²) in [4.78, 5) is 19.1. The van der Waals surface area contributed by atoms with Gasteiger partial charge in [-0.05, 0) is 70.8 Å². The number of hydrogen-bond donors (Lipinski definition) is 2. The molecule has 1 aliphatic heterocycles. The van der Waals surface area contributed by atoms with Gasteiger partial charge in [-0.25, -0.2) is 32.5 Å². The summed E-state index contributed by atoms with van der Waals surface area (Å²) in [6.45, 7) is 8.90. The minimum Gasteiger partial charge on any atom is -0.477 e. The molecule has 206 valence electrons. The molecule has 4 aromatic rings. The molecule has 0 radical (unpaired) electrons. The minimum atomic E-state index is -4.31. The number of fused-ring (bicyclic) bond motifs is 1. The highest BCUT2D eigenvalue weighted by atomic mass is 35.5. The van der Waals surface area contributed by atoms with Gasteiger partial charge in [-0.2, -0.15) is 10.1 Å². The summed E-state index contributed by atoms with van der Waals surface area (Å²) in [5, 5.41) is 7.96. The van der Waals surface area contributed by atoms with Gasteiger partial charge in [0.15, 0.2) is 11.5 Å². The van der Waals surface area contributed by atoms with Crippen molar-refractivity contribution in [2.45, 2.75) is 44.6 Å². The Kier molecular flexibility index (Phi) is 7.65. The van der Waals surface area contributed by atoms with Crippen molar-refractivity contribution < 1.29 is 17.5 Å². The van der Waals surface area contributed by atoms with Crippen LogP contribution in [0.1, 0.15) is 32.4 Å². The average molecular weight is 575 g/mol. The standard InChI is InChI=1S/C25H28ClFN8O3S/c1-14(2)35-8-6-16(7-9-35)13-38-24-21-15(3)32-33-23(21)30-22(31-24)17-11-28-25(29-12-17)34-39(36,37)20-10-18(26)4-5-19(20)27/h4-5,10-12,14,16H,6-9,13H2,1-3H3,(H,28,29,34)(H,30,31,32,33). The first-order valence-corrected chi connectivity index (χ1v) is 14.4. The molecule has 0 unspecified atom stereocenters. The van der Waals surface area contributed by atoms with Crippen LogP contribution in [0.15, 0.2) is 35.5 Å². The van der Waals surface area contributed by atoms with Crippen LogP contribution in [0.5, 0.6) is 5.88 Å². The Morgan fingerprint density at radius 3 is 2.62 bits per heavy atom. The van der Waals surface area contributed by atoms with E-state index in [-0.39, 0.29) is 16.8 Å². The third kappa shape index (κ3) is 5.94. The van der Waals surface area contributed by atoms with E-state index in [2.05, 4.69) is 53.6 Å². The number of sulfonamides is 1. The highest BCUT2D eigenvalue weighted by molar-refractivity contribution is 7.92. The van der Waals surface area contributed by atoms with Gasteiger partial charge >= 0.3 is 0 Å². The van der Waals surface area contributed by atoms with Crippen LogP contribution < -0.4 is 9.46 Å². The van der Waals surface area contributed by atoms with E-state index in [9.17, 15) is 12.8 Å². The molecule has 0 atom stereocenters. The molecule has 2 N–H and O–H groups in total. The van der Waals surface area contributed by atoms with Crippen molar-refractivity contribution in [3.8, 4) is 17.3 Å². The maximum Gasteiger partial charge on any atom is 0.267 e. The fourth-order valence-corrected chi connectivity index (χ4v) is 5.75. The zero-order valence-electron chi connectivity index (χ0n) is 21.6. The summed E-state index contributed by atoms with van der Waals surface area (Å²) in [6, 6.07) is 3.77. The van der Waals surface area contributed by atoms with Crippen LogP contribution in [0.4, 0.5) is 10.3 Å². The second-order valence-corrected chi connectivity index (χ2v) is 11.8. The summed E-state index contributed by atoms with van der Waals surface area (Å²) in [5.74, 6) is -0.0973. The monoisotopic (exact) mass is 574 g/mol. The van der Waals surface area contributed by atoms with E-state index in [1.165, 1.54) is 18.5 Å². The molecule has 0 bridgehead atoms. The van der Waals surface area contributed by atoms with Gasteiger partial charge in [-0.1, -0.05) is 11.6 Å². The summed E-state index contributed by atoms with van der Waals surface area (Å²) >= 11 is 5.83. The van der Waals surface area contributed by atoms with Gasteiger partial charge < -0.3 is 9.64 Å².